The highest BCUT2D eigenvalue weighted by Gasteiger charge is 2.51. The Bertz CT molecular complexity index is 738. The van der Waals surface area contributed by atoms with Gasteiger partial charge in [0.05, 0.1) is 24.0 Å². The minimum absolute atomic E-state index is 0.0530. The SMILES string of the molecule is CCOC(=O)c1cc(CC)sc1NC(=O)[C@@H]1[C@H](C(=O)O)[C@H]2C=C[C@H]1C2. The van der Waals surface area contributed by atoms with E-state index in [0.29, 0.717) is 17.0 Å². The molecule has 0 aromatic carbocycles. The van der Waals surface area contributed by atoms with Crippen molar-refractivity contribution in [2.24, 2.45) is 23.7 Å². The predicted molar refractivity (Wildman–Crippen MR) is 93.6 cm³/mol. The molecule has 7 heteroatoms. The van der Waals surface area contributed by atoms with Crippen LogP contribution >= 0.6 is 11.3 Å². The molecular weight excluding hydrogens is 342 g/mol. The monoisotopic (exact) mass is 363 g/mol. The van der Waals surface area contributed by atoms with E-state index in [4.69, 9.17) is 4.74 Å². The maximum absolute atomic E-state index is 12.8. The molecule has 1 amide bonds. The van der Waals surface area contributed by atoms with E-state index in [1.807, 2.05) is 19.1 Å². The van der Waals surface area contributed by atoms with E-state index in [1.54, 1.807) is 13.0 Å². The number of hydrogen-bond donors (Lipinski definition) is 2. The van der Waals surface area contributed by atoms with Crippen LogP contribution in [0.15, 0.2) is 18.2 Å². The lowest BCUT2D eigenvalue weighted by Gasteiger charge is -2.23. The van der Waals surface area contributed by atoms with Gasteiger partial charge in [-0.15, -0.1) is 11.3 Å². The van der Waals surface area contributed by atoms with Gasteiger partial charge in [0.1, 0.15) is 5.00 Å². The number of allylic oxidation sites excluding steroid dienone is 2. The number of amides is 1. The van der Waals surface area contributed by atoms with Crippen molar-refractivity contribution in [1.29, 1.82) is 0 Å². The molecule has 1 aromatic rings. The van der Waals surface area contributed by atoms with Crippen LogP contribution in [0.4, 0.5) is 5.00 Å². The zero-order valence-electron chi connectivity index (χ0n) is 14.2. The van der Waals surface area contributed by atoms with Crippen molar-refractivity contribution in [2.45, 2.75) is 26.7 Å². The van der Waals surface area contributed by atoms with Gasteiger partial charge >= 0.3 is 11.9 Å². The van der Waals surface area contributed by atoms with Crippen LogP contribution in [0.25, 0.3) is 0 Å². The number of carboxylic acids is 1. The predicted octanol–water partition coefficient (Wildman–Crippen LogP) is 2.95. The number of nitrogens with one attached hydrogen (secondary N) is 1. The van der Waals surface area contributed by atoms with Crippen LogP contribution in [-0.2, 0) is 20.7 Å². The van der Waals surface area contributed by atoms with Gasteiger partial charge in [-0.25, -0.2) is 4.79 Å². The van der Waals surface area contributed by atoms with Crippen molar-refractivity contribution in [3.05, 3.63) is 28.7 Å². The lowest BCUT2D eigenvalue weighted by molar-refractivity contribution is -0.146. The zero-order chi connectivity index (χ0) is 18.1. The molecule has 2 aliphatic carbocycles. The molecule has 1 heterocycles. The number of aliphatic carboxylic acids is 1. The Morgan fingerprint density at radius 3 is 2.52 bits per heavy atom. The average Bonchev–Trinajstić information content (AvgIpc) is 3.28. The quantitative estimate of drug-likeness (QED) is 0.599. The summed E-state index contributed by atoms with van der Waals surface area (Å²) in [5.41, 5.74) is 0.336. The number of aryl methyl sites for hydroxylation is 1. The Kier molecular flexibility index (Phi) is 4.94. The van der Waals surface area contributed by atoms with E-state index >= 15 is 0 Å². The lowest BCUT2D eigenvalue weighted by Crippen LogP contribution is -2.36. The molecule has 0 saturated heterocycles. The molecule has 1 aromatic heterocycles. The van der Waals surface area contributed by atoms with Gasteiger partial charge in [0.15, 0.2) is 0 Å². The van der Waals surface area contributed by atoms with E-state index in [9.17, 15) is 19.5 Å². The second kappa shape index (κ2) is 7.00. The van der Waals surface area contributed by atoms with Gasteiger partial charge < -0.3 is 15.2 Å². The number of thiophene rings is 1. The summed E-state index contributed by atoms with van der Waals surface area (Å²) in [6, 6.07) is 1.73. The number of anilines is 1. The highest BCUT2D eigenvalue weighted by Crippen LogP contribution is 2.48. The first kappa shape index (κ1) is 17.7. The minimum atomic E-state index is -0.942. The number of ether oxygens (including phenoxy) is 1. The molecule has 2 N–H and O–H groups in total. The van der Waals surface area contributed by atoms with Gasteiger partial charge in [0.2, 0.25) is 5.91 Å². The number of hydrogen-bond acceptors (Lipinski definition) is 5. The van der Waals surface area contributed by atoms with Gasteiger partial charge in [-0.1, -0.05) is 19.1 Å². The molecule has 25 heavy (non-hydrogen) atoms. The Balaban J connectivity index is 1.83. The smallest absolute Gasteiger partial charge is 0.341 e. The third-order valence-electron chi connectivity index (χ3n) is 4.91. The molecule has 2 aliphatic rings. The second-order valence-corrected chi connectivity index (χ2v) is 7.49. The van der Waals surface area contributed by atoms with E-state index in [1.165, 1.54) is 11.3 Å². The second-order valence-electron chi connectivity index (χ2n) is 6.36. The molecule has 0 spiro atoms. The molecule has 3 rings (SSSR count). The van der Waals surface area contributed by atoms with Crippen LogP contribution in [0, 0.1) is 23.7 Å². The van der Waals surface area contributed by atoms with Gasteiger partial charge in [0, 0.05) is 4.88 Å². The molecule has 4 atom stereocenters. The molecule has 0 aliphatic heterocycles. The van der Waals surface area contributed by atoms with Crippen LogP contribution < -0.4 is 5.32 Å². The van der Waals surface area contributed by atoms with Crippen molar-refractivity contribution in [1.82, 2.24) is 0 Å². The number of rotatable bonds is 6. The number of carboxylic acid groups (broad SMARTS) is 1. The highest BCUT2D eigenvalue weighted by atomic mass is 32.1. The van der Waals surface area contributed by atoms with E-state index in [0.717, 1.165) is 11.3 Å². The van der Waals surface area contributed by atoms with Crippen molar-refractivity contribution in [3.63, 3.8) is 0 Å². The van der Waals surface area contributed by atoms with Crippen molar-refractivity contribution in [2.75, 3.05) is 11.9 Å². The van der Waals surface area contributed by atoms with Gasteiger partial charge in [0.25, 0.3) is 0 Å². The van der Waals surface area contributed by atoms with Crippen LogP contribution in [0.3, 0.4) is 0 Å². The van der Waals surface area contributed by atoms with Crippen LogP contribution in [0.1, 0.15) is 35.5 Å². The maximum atomic E-state index is 12.8. The summed E-state index contributed by atoms with van der Waals surface area (Å²) in [6.45, 7) is 3.94. The van der Waals surface area contributed by atoms with E-state index in [2.05, 4.69) is 5.32 Å². The van der Waals surface area contributed by atoms with Crippen LogP contribution in [0.2, 0.25) is 0 Å². The van der Waals surface area contributed by atoms with Crippen LogP contribution in [-0.4, -0.2) is 29.6 Å². The summed E-state index contributed by atoms with van der Waals surface area (Å²) in [4.78, 5) is 37.5. The summed E-state index contributed by atoms with van der Waals surface area (Å²) in [5, 5.41) is 12.7. The van der Waals surface area contributed by atoms with Crippen molar-refractivity contribution < 1.29 is 24.2 Å². The molecular formula is C18H21NO5S. The number of fused-ring (bicyclic) bond motifs is 2. The normalized spacial score (nSPS) is 26.6. The molecule has 6 nitrogen and oxygen atoms in total. The molecule has 0 unspecified atom stereocenters. The fourth-order valence-corrected chi connectivity index (χ4v) is 4.77. The van der Waals surface area contributed by atoms with Crippen molar-refractivity contribution >= 4 is 34.2 Å². The summed E-state index contributed by atoms with van der Waals surface area (Å²) < 4.78 is 5.05. The third-order valence-corrected chi connectivity index (χ3v) is 6.11. The molecule has 1 saturated carbocycles. The highest BCUT2D eigenvalue weighted by molar-refractivity contribution is 7.16. The maximum Gasteiger partial charge on any atom is 0.341 e. The first-order valence-electron chi connectivity index (χ1n) is 8.48. The number of esters is 1. The summed E-state index contributed by atoms with van der Waals surface area (Å²) in [7, 11) is 0. The standard InChI is InChI=1S/C18H21NO5S/c1-3-11-8-12(18(23)24-4-2)16(25-11)19-15(20)13-9-5-6-10(7-9)14(13)17(21)22/h5-6,8-10,13-14H,3-4,7H2,1-2H3,(H,19,20)(H,21,22)/t9-,10-,13-,14+/m0/s1. The third kappa shape index (κ3) is 3.20. The Labute approximate surface area is 149 Å². The topological polar surface area (TPSA) is 92.7 Å². The lowest BCUT2D eigenvalue weighted by atomic mass is 9.82. The van der Waals surface area contributed by atoms with E-state index in [-0.39, 0.29) is 24.3 Å². The molecule has 1 fully saturated rings. The first-order chi connectivity index (χ1) is 12.0. The first-order valence-corrected chi connectivity index (χ1v) is 9.29. The molecule has 2 bridgehead atoms. The van der Waals surface area contributed by atoms with E-state index < -0.39 is 23.8 Å². The zero-order valence-corrected chi connectivity index (χ0v) is 15.0. The summed E-state index contributed by atoms with van der Waals surface area (Å²) in [5.74, 6) is -3.19. The average molecular weight is 363 g/mol. The fraction of sp³-hybridized carbons (Fsp3) is 0.500. The number of carbonyl (C=O) groups excluding carboxylic acids is 2. The Morgan fingerprint density at radius 2 is 1.92 bits per heavy atom. The summed E-state index contributed by atoms with van der Waals surface area (Å²) in [6.07, 6.45) is 5.27. The number of carbonyl (C=O) groups is 3. The summed E-state index contributed by atoms with van der Waals surface area (Å²) >= 11 is 1.33. The minimum Gasteiger partial charge on any atom is -0.481 e. The van der Waals surface area contributed by atoms with Crippen LogP contribution in [0.5, 0.6) is 0 Å². The molecule has 0 radical (unpaired) electrons. The Hall–Kier alpha value is -2.15. The largest absolute Gasteiger partial charge is 0.481 e. The van der Waals surface area contributed by atoms with Gasteiger partial charge in [-0.05, 0) is 37.7 Å². The van der Waals surface area contributed by atoms with Gasteiger partial charge in [-0.2, -0.15) is 0 Å². The molecule has 134 valence electrons. The fourth-order valence-electron chi connectivity index (χ4n) is 3.78. The Morgan fingerprint density at radius 1 is 1.24 bits per heavy atom. The van der Waals surface area contributed by atoms with Crippen molar-refractivity contribution in [3.8, 4) is 0 Å². The van der Waals surface area contributed by atoms with Gasteiger partial charge in [-0.3, -0.25) is 9.59 Å².